The van der Waals surface area contributed by atoms with Gasteiger partial charge in [0.1, 0.15) is 5.69 Å². The highest BCUT2D eigenvalue weighted by Crippen LogP contribution is 2.32. The highest BCUT2D eigenvalue weighted by molar-refractivity contribution is 9.10. The number of aromatic amines is 1. The molecule has 0 aliphatic heterocycles. The first-order valence-electron chi connectivity index (χ1n) is 5.43. The lowest BCUT2D eigenvalue weighted by Gasteiger charge is -2.06. The van der Waals surface area contributed by atoms with Gasteiger partial charge < -0.3 is 9.72 Å². The minimum Gasteiger partial charge on any atom is -0.461 e. The molecule has 0 aliphatic carbocycles. The van der Waals surface area contributed by atoms with Crippen LogP contribution in [0.25, 0.3) is 11.1 Å². The van der Waals surface area contributed by atoms with Crippen LogP contribution in [0, 0.1) is 0 Å². The highest BCUT2D eigenvalue weighted by atomic mass is 79.9. The summed E-state index contributed by atoms with van der Waals surface area (Å²) >= 11 is 9.53. The molecular formula is C13H11BrClNO2. The van der Waals surface area contributed by atoms with Gasteiger partial charge in [0, 0.05) is 26.8 Å². The fourth-order valence-corrected chi connectivity index (χ4v) is 2.45. The standard InChI is InChI=1S/C13H11BrClNO2/c1-2-18-13(17)12-10(5-6-16-12)9-4-3-8(14)7-11(9)15/h3-7,16H,2H2,1H3. The molecule has 0 spiro atoms. The number of halogens is 2. The van der Waals surface area contributed by atoms with Crippen molar-refractivity contribution in [1.29, 1.82) is 0 Å². The molecule has 0 saturated carbocycles. The quantitative estimate of drug-likeness (QED) is 0.855. The Kier molecular flexibility index (Phi) is 4.09. The number of carbonyl (C=O) groups excluding carboxylic acids is 1. The monoisotopic (exact) mass is 327 g/mol. The van der Waals surface area contributed by atoms with Gasteiger partial charge >= 0.3 is 5.97 Å². The van der Waals surface area contributed by atoms with Crippen molar-refractivity contribution in [3.05, 3.63) is 45.7 Å². The Balaban J connectivity index is 2.45. The van der Waals surface area contributed by atoms with Crippen molar-refractivity contribution < 1.29 is 9.53 Å². The lowest BCUT2D eigenvalue weighted by molar-refractivity contribution is 0.0521. The van der Waals surface area contributed by atoms with Crippen molar-refractivity contribution in [1.82, 2.24) is 4.98 Å². The van der Waals surface area contributed by atoms with Crippen LogP contribution in [-0.2, 0) is 4.74 Å². The molecule has 2 rings (SSSR count). The number of benzene rings is 1. The Hall–Kier alpha value is -1.26. The van der Waals surface area contributed by atoms with E-state index in [0.29, 0.717) is 17.3 Å². The van der Waals surface area contributed by atoms with Gasteiger partial charge in [-0.1, -0.05) is 33.6 Å². The van der Waals surface area contributed by atoms with Crippen molar-refractivity contribution in [2.45, 2.75) is 6.92 Å². The summed E-state index contributed by atoms with van der Waals surface area (Å²) in [7, 11) is 0. The second-order valence-corrected chi connectivity index (χ2v) is 4.93. The number of hydrogen-bond acceptors (Lipinski definition) is 2. The third-order valence-electron chi connectivity index (χ3n) is 2.45. The summed E-state index contributed by atoms with van der Waals surface area (Å²) < 4.78 is 5.88. The topological polar surface area (TPSA) is 42.1 Å². The second kappa shape index (κ2) is 5.59. The van der Waals surface area contributed by atoms with E-state index in [0.717, 1.165) is 15.6 Å². The molecule has 3 nitrogen and oxygen atoms in total. The average molecular weight is 329 g/mol. The van der Waals surface area contributed by atoms with E-state index in [2.05, 4.69) is 20.9 Å². The van der Waals surface area contributed by atoms with Crippen LogP contribution in [0.15, 0.2) is 34.9 Å². The van der Waals surface area contributed by atoms with Crippen LogP contribution >= 0.6 is 27.5 Å². The number of nitrogens with one attached hydrogen (secondary N) is 1. The van der Waals surface area contributed by atoms with E-state index in [1.165, 1.54) is 0 Å². The van der Waals surface area contributed by atoms with Crippen LogP contribution in [0.5, 0.6) is 0 Å². The zero-order chi connectivity index (χ0) is 13.1. The average Bonchev–Trinajstić information content (AvgIpc) is 2.78. The fourth-order valence-electron chi connectivity index (χ4n) is 1.67. The molecule has 0 atom stereocenters. The maximum Gasteiger partial charge on any atom is 0.355 e. The Morgan fingerprint density at radius 3 is 2.83 bits per heavy atom. The molecule has 18 heavy (non-hydrogen) atoms. The molecule has 0 aliphatic rings. The highest BCUT2D eigenvalue weighted by Gasteiger charge is 2.16. The van der Waals surface area contributed by atoms with Gasteiger partial charge in [0.25, 0.3) is 0 Å². The molecule has 0 unspecified atom stereocenters. The molecule has 1 heterocycles. The minimum atomic E-state index is -0.378. The minimum absolute atomic E-state index is 0.339. The number of rotatable bonds is 3. The van der Waals surface area contributed by atoms with E-state index in [1.807, 2.05) is 12.1 Å². The smallest absolute Gasteiger partial charge is 0.355 e. The van der Waals surface area contributed by atoms with Crippen LogP contribution in [-0.4, -0.2) is 17.6 Å². The second-order valence-electron chi connectivity index (χ2n) is 3.61. The first-order chi connectivity index (χ1) is 8.63. The molecule has 1 aromatic carbocycles. The van der Waals surface area contributed by atoms with Gasteiger partial charge in [0.2, 0.25) is 0 Å². The number of hydrogen-bond donors (Lipinski definition) is 1. The van der Waals surface area contributed by atoms with Crippen molar-refractivity contribution in [2.24, 2.45) is 0 Å². The third kappa shape index (κ3) is 2.60. The molecule has 0 bridgehead atoms. The molecule has 0 saturated heterocycles. The van der Waals surface area contributed by atoms with Crippen molar-refractivity contribution in [3.8, 4) is 11.1 Å². The molecule has 0 fully saturated rings. The van der Waals surface area contributed by atoms with E-state index in [9.17, 15) is 4.79 Å². The molecule has 2 aromatic rings. The molecule has 0 radical (unpaired) electrons. The lowest BCUT2D eigenvalue weighted by Crippen LogP contribution is -2.06. The van der Waals surface area contributed by atoms with Gasteiger partial charge in [0.15, 0.2) is 0 Å². The molecule has 5 heteroatoms. The first kappa shape index (κ1) is 13.2. The molecule has 1 aromatic heterocycles. The SMILES string of the molecule is CCOC(=O)c1[nH]ccc1-c1ccc(Br)cc1Cl. The van der Waals surface area contributed by atoms with E-state index in [1.54, 1.807) is 25.3 Å². The van der Waals surface area contributed by atoms with Gasteiger partial charge in [0.05, 0.1) is 6.61 Å². The summed E-state index contributed by atoms with van der Waals surface area (Å²) in [5.41, 5.74) is 1.95. The molecule has 94 valence electrons. The van der Waals surface area contributed by atoms with Crippen molar-refractivity contribution >= 4 is 33.5 Å². The first-order valence-corrected chi connectivity index (χ1v) is 6.60. The van der Waals surface area contributed by atoms with Gasteiger partial charge in [-0.25, -0.2) is 4.79 Å². The summed E-state index contributed by atoms with van der Waals surface area (Å²) in [6, 6.07) is 7.33. The number of carbonyl (C=O) groups is 1. The molecule has 1 N–H and O–H groups in total. The van der Waals surface area contributed by atoms with Gasteiger partial charge in [-0.3, -0.25) is 0 Å². The van der Waals surface area contributed by atoms with Gasteiger partial charge in [-0.05, 0) is 25.1 Å². The summed E-state index contributed by atoms with van der Waals surface area (Å²) in [4.78, 5) is 14.7. The van der Waals surface area contributed by atoms with Crippen LogP contribution in [0.3, 0.4) is 0 Å². The number of esters is 1. The fraction of sp³-hybridized carbons (Fsp3) is 0.154. The van der Waals surface area contributed by atoms with Gasteiger partial charge in [-0.2, -0.15) is 0 Å². The zero-order valence-corrected chi connectivity index (χ0v) is 12.0. The summed E-state index contributed by atoms with van der Waals surface area (Å²) in [5.74, 6) is -0.378. The maximum absolute atomic E-state index is 11.8. The zero-order valence-electron chi connectivity index (χ0n) is 9.67. The Morgan fingerprint density at radius 2 is 2.17 bits per heavy atom. The summed E-state index contributed by atoms with van der Waals surface area (Å²) in [5, 5.41) is 0.578. The number of ether oxygens (including phenoxy) is 1. The van der Waals surface area contributed by atoms with E-state index in [-0.39, 0.29) is 5.97 Å². The van der Waals surface area contributed by atoms with E-state index < -0.39 is 0 Å². The van der Waals surface area contributed by atoms with Crippen LogP contribution in [0.1, 0.15) is 17.4 Å². The van der Waals surface area contributed by atoms with Crippen LogP contribution < -0.4 is 0 Å². The molecular weight excluding hydrogens is 318 g/mol. The van der Waals surface area contributed by atoms with Crippen molar-refractivity contribution in [2.75, 3.05) is 6.61 Å². The maximum atomic E-state index is 11.8. The van der Waals surface area contributed by atoms with E-state index >= 15 is 0 Å². The Labute approximate surface area is 118 Å². The summed E-state index contributed by atoms with van der Waals surface area (Å²) in [6.07, 6.45) is 1.69. The predicted octanol–water partition coefficient (Wildman–Crippen LogP) is 4.27. The summed E-state index contributed by atoms with van der Waals surface area (Å²) in [6.45, 7) is 2.11. The lowest BCUT2D eigenvalue weighted by atomic mass is 10.1. The van der Waals surface area contributed by atoms with Crippen molar-refractivity contribution in [3.63, 3.8) is 0 Å². The number of aromatic nitrogens is 1. The van der Waals surface area contributed by atoms with Crippen LogP contribution in [0.2, 0.25) is 5.02 Å². The largest absolute Gasteiger partial charge is 0.461 e. The van der Waals surface area contributed by atoms with Gasteiger partial charge in [-0.15, -0.1) is 0 Å². The third-order valence-corrected chi connectivity index (χ3v) is 3.25. The normalized spacial score (nSPS) is 10.4. The Bertz CT molecular complexity index is 580. The van der Waals surface area contributed by atoms with Crippen LogP contribution in [0.4, 0.5) is 0 Å². The molecule has 0 amide bonds. The predicted molar refractivity (Wildman–Crippen MR) is 74.9 cm³/mol. The number of H-pyrrole nitrogens is 1. The Morgan fingerprint density at radius 1 is 1.39 bits per heavy atom. The van der Waals surface area contributed by atoms with E-state index in [4.69, 9.17) is 16.3 Å².